The molecule has 1 saturated heterocycles. The maximum absolute atomic E-state index is 12.7. The van der Waals surface area contributed by atoms with Crippen molar-refractivity contribution in [2.75, 3.05) is 45.8 Å². The second-order valence-corrected chi connectivity index (χ2v) is 10.8. The normalized spacial score (nSPS) is 13.2. The zero-order chi connectivity index (χ0) is 37.1. The van der Waals surface area contributed by atoms with Crippen LogP contribution in [0, 0.1) is 0 Å². The van der Waals surface area contributed by atoms with Crippen LogP contribution in [0.3, 0.4) is 0 Å². The van der Waals surface area contributed by atoms with Crippen molar-refractivity contribution in [2.24, 2.45) is 0 Å². The van der Waals surface area contributed by atoms with Crippen LogP contribution in [0.2, 0.25) is 0 Å². The van der Waals surface area contributed by atoms with Crippen LogP contribution in [0.4, 0.5) is 0 Å². The van der Waals surface area contributed by atoms with Gasteiger partial charge in [-0.25, -0.2) is 24.2 Å². The summed E-state index contributed by atoms with van der Waals surface area (Å²) in [6.45, 7) is 11.0. The molecule has 2 heterocycles. The number of carbonyl (C=O) groups excluding carboxylic acids is 2. The predicted octanol–water partition coefficient (Wildman–Crippen LogP) is 2.72. The highest BCUT2D eigenvalue weighted by molar-refractivity contribution is 5.96. The molecule has 268 valence electrons. The Morgan fingerprint density at radius 2 is 1.18 bits per heavy atom. The Morgan fingerprint density at radius 1 is 0.700 bits per heavy atom. The van der Waals surface area contributed by atoms with E-state index in [1.165, 1.54) is 0 Å². The average molecular weight is 694 g/mol. The van der Waals surface area contributed by atoms with E-state index in [2.05, 4.69) is 20.4 Å². The maximum Gasteiger partial charge on any atom is 0.328 e. The van der Waals surface area contributed by atoms with Crippen LogP contribution >= 0.6 is 0 Å². The molecule has 4 N–H and O–H groups in total. The van der Waals surface area contributed by atoms with Crippen molar-refractivity contribution in [3.8, 4) is 0 Å². The molecule has 1 aliphatic heterocycles. The topological polar surface area (TPSA) is 211 Å². The molecular formula is C35H43N5O10. The molecule has 1 amide bonds. The van der Waals surface area contributed by atoms with Crippen LogP contribution in [-0.2, 0) is 37.1 Å². The van der Waals surface area contributed by atoms with Gasteiger partial charge in [-0.05, 0) is 26.0 Å². The van der Waals surface area contributed by atoms with E-state index in [1.54, 1.807) is 0 Å². The third-order valence-electron chi connectivity index (χ3n) is 7.43. The number of carboxylic acid groups (broad SMARTS) is 4. The van der Waals surface area contributed by atoms with Crippen LogP contribution in [0.15, 0.2) is 78.9 Å². The van der Waals surface area contributed by atoms with Crippen molar-refractivity contribution in [1.82, 2.24) is 24.3 Å². The Bertz CT molecular complexity index is 1590. The van der Waals surface area contributed by atoms with Gasteiger partial charge in [-0.1, -0.05) is 42.5 Å². The lowest BCUT2D eigenvalue weighted by molar-refractivity contribution is -0.134. The Morgan fingerprint density at radius 3 is 1.68 bits per heavy atom. The van der Waals surface area contributed by atoms with E-state index >= 15 is 0 Å². The Hall–Kier alpha value is -5.67. The van der Waals surface area contributed by atoms with E-state index < -0.39 is 23.9 Å². The highest BCUT2D eigenvalue weighted by Gasteiger charge is 2.23. The molecule has 0 aliphatic carbocycles. The summed E-state index contributed by atoms with van der Waals surface area (Å²) < 4.78 is 2.20. The van der Waals surface area contributed by atoms with Crippen LogP contribution < -0.4 is 0 Å². The molecule has 0 saturated carbocycles. The summed E-state index contributed by atoms with van der Waals surface area (Å²) >= 11 is 0. The van der Waals surface area contributed by atoms with E-state index in [0.717, 1.165) is 68.2 Å². The lowest BCUT2D eigenvalue weighted by Crippen LogP contribution is -2.49. The number of likely N-dealkylation sites (N-methyl/N-ethyl adjacent to an activating group) is 1. The Balaban J connectivity index is 0.000000450. The summed E-state index contributed by atoms with van der Waals surface area (Å²) in [5.74, 6) is -3.67. The SMILES string of the molecule is CCN(CC)C(=O)CN1CCN(Cc2nc3ccccc3n2CCC(=O)c2ccccc2)CC1.O=C(O)/C=C/C(=O)O.O=C(O)/C=C/C(=O)O. The average Bonchev–Trinajstić information content (AvgIpc) is 3.44. The number of carbonyl (C=O) groups is 6. The zero-order valence-corrected chi connectivity index (χ0v) is 28.1. The van der Waals surface area contributed by atoms with E-state index in [9.17, 15) is 28.8 Å². The molecule has 1 fully saturated rings. The maximum atomic E-state index is 12.7. The van der Waals surface area contributed by atoms with Gasteiger partial charge in [0.25, 0.3) is 0 Å². The number of piperazine rings is 1. The molecule has 15 nitrogen and oxygen atoms in total. The summed E-state index contributed by atoms with van der Waals surface area (Å²) in [7, 11) is 0. The van der Waals surface area contributed by atoms with Crippen molar-refractivity contribution in [3.63, 3.8) is 0 Å². The minimum atomic E-state index is -1.26. The van der Waals surface area contributed by atoms with Gasteiger partial charge >= 0.3 is 23.9 Å². The lowest BCUT2D eigenvalue weighted by Gasteiger charge is -2.35. The molecule has 15 heteroatoms. The molecule has 4 rings (SSSR count). The van der Waals surface area contributed by atoms with Crippen molar-refractivity contribution in [1.29, 1.82) is 0 Å². The number of hydrogen-bond acceptors (Lipinski definition) is 9. The standard InChI is InChI=1S/C27H35N5O2.2C4H4O4/c1-3-31(4-2)27(34)21-30-18-16-29(17-19-30)20-26-28-23-12-8-9-13-24(23)32(26)15-14-25(33)22-10-6-5-7-11-22;2*5-3(6)1-2-4(7)8/h5-13H,3-4,14-21H2,1-2H3;2*1-2H,(H,5,6)(H,7,8)/b;2*2-1+. The first-order valence-electron chi connectivity index (χ1n) is 15.9. The number of nitrogens with zero attached hydrogens (tertiary/aromatic N) is 5. The van der Waals surface area contributed by atoms with Crippen molar-refractivity contribution < 1.29 is 49.2 Å². The first kappa shape index (κ1) is 40.5. The van der Waals surface area contributed by atoms with E-state index in [4.69, 9.17) is 25.4 Å². The Labute approximate surface area is 289 Å². The van der Waals surface area contributed by atoms with Crippen molar-refractivity contribution in [3.05, 3.63) is 90.3 Å². The number of fused-ring (bicyclic) bond motifs is 1. The fourth-order valence-corrected chi connectivity index (χ4v) is 4.94. The second kappa shape index (κ2) is 21.3. The predicted molar refractivity (Wildman–Crippen MR) is 184 cm³/mol. The number of para-hydroxylation sites is 2. The fourth-order valence-electron chi connectivity index (χ4n) is 4.94. The first-order valence-corrected chi connectivity index (χ1v) is 15.9. The summed E-state index contributed by atoms with van der Waals surface area (Å²) in [6.07, 6.45) is 2.67. The van der Waals surface area contributed by atoms with Gasteiger partial charge in [0.15, 0.2) is 5.78 Å². The van der Waals surface area contributed by atoms with Crippen LogP contribution in [0.5, 0.6) is 0 Å². The zero-order valence-electron chi connectivity index (χ0n) is 28.1. The number of aliphatic carboxylic acids is 4. The number of amides is 1. The number of imidazole rings is 1. The third-order valence-corrected chi connectivity index (χ3v) is 7.43. The lowest BCUT2D eigenvalue weighted by atomic mass is 10.1. The molecule has 0 atom stereocenters. The summed E-state index contributed by atoms with van der Waals surface area (Å²) in [5, 5.41) is 31.2. The van der Waals surface area contributed by atoms with Crippen molar-refractivity contribution >= 4 is 46.6 Å². The number of rotatable bonds is 14. The summed E-state index contributed by atoms with van der Waals surface area (Å²) in [5.41, 5.74) is 2.79. The number of carboxylic acids is 4. The van der Waals surface area contributed by atoms with Crippen LogP contribution in [-0.4, -0.2) is 126 Å². The number of aryl methyl sites for hydroxylation is 1. The molecule has 3 aromatic rings. The van der Waals surface area contributed by atoms with E-state index in [1.807, 2.05) is 67.3 Å². The second-order valence-electron chi connectivity index (χ2n) is 10.8. The molecule has 0 spiro atoms. The van der Waals surface area contributed by atoms with Crippen LogP contribution in [0.25, 0.3) is 11.0 Å². The highest BCUT2D eigenvalue weighted by Crippen LogP contribution is 2.19. The molecule has 2 aromatic carbocycles. The van der Waals surface area contributed by atoms with Gasteiger partial charge < -0.3 is 29.9 Å². The van der Waals surface area contributed by atoms with Gasteiger partial charge in [0.2, 0.25) is 5.91 Å². The number of hydrogen-bond donors (Lipinski definition) is 4. The minimum absolute atomic E-state index is 0.149. The first-order chi connectivity index (χ1) is 23.8. The number of ketones is 1. The molecule has 50 heavy (non-hydrogen) atoms. The molecule has 1 aliphatic rings. The Kier molecular flexibility index (Phi) is 17.3. The summed E-state index contributed by atoms with van der Waals surface area (Å²) in [6, 6.07) is 17.6. The number of aromatic nitrogens is 2. The fraction of sp³-hybridized carbons (Fsp3) is 0.343. The minimum Gasteiger partial charge on any atom is -0.478 e. The molecule has 0 unspecified atom stereocenters. The quantitative estimate of drug-likeness (QED) is 0.142. The summed E-state index contributed by atoms with van der Waals surface area (Å²) in [4.78, 5) is 74.8. The third kappa shape index (κ3) is 14.6. The largest absolute Gasteiger partial charge is 0.478 e. The van der Waals surface area contributed by atoms with Crippen molar-refractivity contribution in [2.45, 2.75) is 33.4 Å². The van der Waals surface area contributed by atoms with Gasteiger partial charge in [0.1, 0.15) is 5.82 Å². The number of Topliss-reactive ketones (excluding diaryl/α,β-unsaturated/α-hetero) is 1. The monoisotopic (exact) mass is 693 g/mol. The van der Waals surface area contributed by atoms with E-state index in [0.29, 0.717) is 43.8 Å². The highest BCUT2D eigenvalue weighted by atomic mass is 16.4. The number of benzene rings is 2. The van der Waals surface area contributed by atoms with E-state index in [-0.39, 0.29) is 11.7 Å². The molecule has 0 bridgehead atoms. The molecule has 0 radical (unpaired) electrons. The van der Waals surface area contributed by atoms with Crippen LogP contribution in [0.1, 0.15) is 36.5 Å². The van der Waals surface area contributed by atoms with Gasteiger partial charge in [0, 0.05) is 82.1 Å². The smallest absolute Gasteiger partial charge is 0.328 e. The van der Waals surface area contributed by atoms with Gasteiger partial charge in [-0.2, -0.15) is 0 Å². The molecular weight excluding hydrogens is 650 g/mol. The van der Waals surface area contributed by atoms with Gasteiger partial charge in [0.05, 0.1) is 24.1 Å². The van der Waals surface area contributed by atoms with Gasteiger partial charge in [-0.3, -0.25) is 19.4 Å². The molecule has 1 aromatic heterocycles. The van der Waals surface area contributed by atoms with Gasteiger partial charge in [-0.15, -0.1) is 0 Å².